The summed E-state index contributed by atoms with van der Waals surface area (Å²) in [6, 6.07) is 3.62. The van der Waals surface area contributed by atoms with E-state index in [-0.39, 0.29) is 64.3 Å². The quantitative estimate of drug-likeness (QED) is 0.264. The summed E-state index contributed by atoms with van der Waals surface area (Å²) in [5.74, 6) is -2.62. The Balaban J connectivity index is 1.81. The SMILES string of the molecule is COc1cccc(F)c1-c1nc2c(cc1F)c1c(c(=O)n2-c2c(C(C)C)ncnc2C(C)C)NC(=O)[C@H]2CN(C(=O)O)CC(C(C)(C)C)N12. The first-order chi connectivity index (χ1) is 23.1. The summed E-state index contributed by atoms with van der Waals surface area (Å²) in [6.07, 6.45) is 0.237. The number of nitrogens with zero attached hydrogens (tertiary/aromatic N) is 6. The Kier molecular flexibility index (Phi) is 8.32. The maximum Gasteiger partial charge on any atom is 0.407 e. The first-order valence-corrected chi connectivity index (χ1v) is 16.1. The summed E-state index contributed by atoms with van der Waals surface area (Å²) in [7, 11) is 1.33. The standard InChI is InChI=1S/C35H39F2N7O5/c1-16(2)25-30(26(17(3)4)39-15-38-25)44-31-18(12-20(37)27(40-31)24-19(36)10-9-11-22(24)49-8)29-28(33(44)46)41-32(45)21-13-42(34(47)48)14-23(43(21)29)35(5,6)7/h9-12,15-17,21,23H,13-14H2,1-8H3,(H,41,45)(H,47,48)/t21-,23?/m1/s1. The minimum absolute atomic E-state index is 0.0210. The Morgan fingerprint density at radius 1 is 1.02 bits per heavy atom. The van der Waals surface area contributed by atoms with Crippen molar-refractivity contribution in [3.8, 4) is 22.7 Å². The van der Waals surface area contributed by atoms with Gasteiger partial charge in [-0.3, -0.25) is 14.2 Å². The Hall–Kier alpha value is -5.14. The number of hydrogen-bond donors (Lipinski definition) is 2. The predicted octanol–water partition coefficient (Wildman–Crippen LogP) is 5.91. The topological polar surface area (TPSA) is 143 Å². The molecule has 6 rings (SSSR count). The molecule has 1 fully saturated rings. The second-order valence-corrected chi connectivity index (χ2v) is 14.2. The molecule has 1 unspecified atom stereocenters. The van der Waals surface area contributed by atoms with Crippen molar-refractivity contribution in [3.05, 3.63) is 64.0 Å². The fraction of sp³-hybridized carbons (Fsp3) is 0.429. The largest absolute Gasteiger partial charge is 0.496 e. The number of rotatable bonds is 5. The molecule has 5 heterocycles. The fourth-order valence-electron chi connectivity index (χ4n) is 6.88. The van der Waals surface area contributed by atoms with E-state index in [0.29, 0.717) is 17.1 Å². The smallest absolute Gasteiger partial charge is 0.407 e. The van der Waals surface area contributed by atoms with E-state index in [0.717, 1.165) is 6.07 Å². The van der Waals surface area contributed by atoms with E-state index in [9.17, 15) is 19.5 Å². The van der Waals surface area contributed by atoms with Gasteiger partial charge in [0.05, 0.1) is 48.0 Å². The molecule has 2 amide bonds. The van der Waals surface area contributed by atoms with E-state index in [1.807, 2.05) is 48.5 Å². The maximum absolute atomic E-state index is 16.5. The van der Waals surface area contributed by atoms with Crippen LogP contribution in [0.2, 0.25) is 0 Å². The van der Waals surface area contributed by atoms with Gasteiger partial charge in [0.25, 0.3) is 5.56 Å². The van der Waals surface area contributed by atoms with E-state index in [1.165, 1.54) is 41.1 Å². The van der Waals surface area contributed by atoms with Crippen LogP contribution < -0.4 is 20.5 Å². The van der Waals surface area contributed by atoms with Gasteiger partial charge >= 0.3 is 6.09 Å². The highest BCUT2D eigenvalue weighted by molar-refractivity contribution is 6.11. The number of halogens is 2. The number of pyridine rings is 2. The van der Waals surface area contributed by atoms with Crippen LogP contribution in [-0.4, -0.2) is 73.8 Å². The van der Waals surface area contributed by atoms with E-state index in [2.05, 4.69) is 15.3 Å². The highest BCUT2D eigenvalue weighted by Gasteiger charge is 2.49. The number of fused-ring (bicyclic) bond motifs is 5. The molecule has 1 aromatic carbocycles. The second-order valence-electron chi connectivity index (χ2n) is 14.2. The predicted molar refractivity (Wildman–Crippen MR) is 181 cm³/mol. The maximum atomic E-state index is 16.5. The first kappa shape index (κ1) is 33.7. The van der Waals surface area contributed by atoms with Crippen molar-refractivity contribution in [1.29, 1.82) is 0 Å². The minimum atomic E-state index is -1.18. The molecule has 12 nitrogen and oxygen atoms in total. The number of carbonyl (C=O) groups is 2. The number of amides is 2. The number of carbonyl (C=O) groups excluding carboxylic acids is 1. The fourth-order valence-corrected chi connectivity index (χ4v) is 6.88. The normalized spacial score (nSPS) is 17.8. The lowest BCUT2D eigenvalue weighted by Crippen LogP contribution is -2.68. The summed E-state index contributed by atoms with van der Waals surface area (Å²) < 4.78 is 38.7. The van der Waals surface area contributed by atoms with Crippen LogP contribution in [0.5, 0.6) is 5.75 Å². The third-order valence-corrected chi connectivity index (χ3v) is 9.24. The molecule has 0 radical (unpaired) electrons. The van der Waals surface area contributed by atoms with Crippen LogP contribution >= 0.6 is 0 Å². The zero-order chi connectivity index (χ0) is 35.7. The Morgan fingerprint density at radius 3 is 2.24 bits per heavy atom. The summed E-state index contributed by atoms with van der Waals surface area (Å²) in [6.45, 7) is 13.2. The molecule has 2 aliphatic heterocycles. The van der Waals surface area contributed by atoms with Gasteiger partial charge in [-0.25, -0.2) is 28.5 Å². The molecule has 1 saturated heterocycles. The molecule has 2 N–H and O–H groups in total. The Labute approximate surface area is 281 Å². The average molecular weight is 676 g/mol. The van der Waals surface area contributed by atoms with Crippen LogP contribution in [-0.2, 0) is 4.79 Å². The second kappa shape index (κ2) is 12.1. The van der Waals surface area contributed by atoms with Crippen LogP contribution in [0, 0.1) is 17.0 Å². The van der Waals surface area contributed by atoms with Crippen LogP contribution in [0.1, 0.15) is 71.7 Å². The number of ether oxygens (including phenoxy) is 1. The third kappa shape index (κ3) is 5.42. The van der Waals surface area contributed by atoms with E-state index >= 15 is 8.78 Å². The Morgan fingerprint density at radius 2 is 1.67 bits per heavy atom. The summed E-state index contributed by atoms with van der Waals surface area (Å²) in [5.41, 5.74) is -0.471. The molecule has 2 atom stereocenters. The molecule has 14 heteroatoms. The molecule has 49 heavy (non-hydrogen) atoms. The van der Waals surface area contributed by atoms with Gasteiger partial charge in [0, 0.05) is 11.9 Å². The molecule has 4 aromatic rings. The molecular weight excluding hydrogens is 636 g/mol. The number of piperazine rings is 1. The molecule has 258 valence electrons. The first-order valence-electron chi connectivity index (χ1n) is 16.1. The van der Waals surface area contributed by atoms with Crippen molar-refractivity contribution >= 4 is 34.4 Å². The lowest BCUT2D eigenvalue weighted by atomic mass is 9.81. The lowest BCUT2D eigenvalue weighted by Gasteiger charge is -2.53. The molecular formula is C35H39F2N7O5. The third-order valence-electron chi connectivity index (χ3n) is 9.24. The van der Waals surface area contributed by atoms with E-state index in [4.69, 9.17) is 9.72 Å². The number of hydrogen-bond acceptors (Lipinski definition) is 8. The summed E-state index contributed by atoms with van der Waals surface area (Å²) in [4.78, 5) is 57.7. The molecule has 0 bridgehead atoms. The number of aromatic nitrogens is 4. The molecule has 0 aliphatic carbocycles. The summed E-state index contributed by atoms with van der Waals surface area (Å²) in [5, 5.41) is 12.9. The zero-order valence-corrected chi connectivity index (χ0v) is 28.6. The minimum Gasteiger partial charge on any atom is -0.496 e. The van der Waals surface area contributed by atoms with Crippen molar-refractivity contribution in [2.75, 3.05) is 30.4 Å². The Bertz CT molecular complexity index is 2050. The van der Waals surface area contributed by atoms with Gasteiger partial charge in [-0.15, -0.1) is 0 Å². The number of anilines is 2. The molecule has 0 spiro atoms. The van der Waals surface area contributed by atoms with Gasteiger partial charge in [-0.05, 0) is 35.4 Å². The lowest BCUT2D eigenvalue weighted by molar-refractivity contribution is -0.118. The van der Waals surface area contributed by atoms with Crippen molar-refractivity contribution < 1.29 is 28.2 Å². The highest BCUT2D eigenvalue weighted by Crippen LogP contribution is 2.45. The van der Waals surface area contributed by atoms with Gasteiger partial charge in [0.2, 0.25) is 5.91 Å². The highest BCUT2D eigenvalue weighted by atomic mass is 19.1. The van der Waals surface area contributed by atoms with E-state index < -0.39 is 46.7 Å². The van der Waals surface area contributed by atoms with Crippen LogP contribution in [0.15, 0.2) is 35.4 Å². The number of nitrogens with one attached hydrogen (secondary N) is 1. The average Bonchev–Trinajstić information content (AvgIpc) is 3.03. The van der Waals surface area contributed by atoms with Gasteiger partial charge in [0.1, 0.15) is 35.3 Å². The zero-order valence-electron chi connectivity index (χ0n) is 28.6. The van der Waals surface area contributed by atoms with Gasteiger partial charge in [0.15, 0.2) is 11.5 Å². The summed E-state index contributed by atoms with van der Waals surface area (Å²) >= 11 is 0. The van der Waals surface area contributed by atoms with Gasteiger partial charge < -0.3 is 25.0 Å². The van der Waals surface area contributed by atoms with Crippen molar-refractivity contribution in [2.45, 2.75) is 72.4 Å². The molecule has 2 aliphatic rings. The van der Waals surface area contributed by atoms with Crippen molar-refractivity contribution in [3.63, 3.8) is 0 Å². The van der Waals surface area contributed by atoms with E-state index in [1.54, 1.807) is 4.90 Å². The van der Waals surface area contributed by atoms with Gasteiger partial charge in [-0.1, -0.05) is 54.5 Å². The van der Waals surface area contributed by atoms with Crippen LogP contribution in [0.3, 0.4) is 0 Å². The number of methoxy groups -OCH3 is 1. The van der Waals surface area contributed by atoms with Crippen LogP contribution in [0.25, 0.3) is 28.0 Å². The molecule has 0 saturated carbocycles. The van der Waals surface area contributed by atoms with Gasteiger partial charge in [-0.2, -0.15) is 0 Å². The van der Waals surface area contributed by atoms with Crippen molar-refractivity contribution in [1.82, 2.24) is 24.4 Å². The number of benzene rings is 1. The van der Waals surface area contributed by atoms with Crippen LogP contribution in [0.4, 0.5) is 25.0 Å². The number of carboxylic acid groups (broad SMARTS) is 1. The monoisotopic (exact) mass is 675 g/mol. The molecule has 3 aromatic heterocycles. The van der Waals surface area contributed by atoms with Crippen molar-refractivity contribution in [2.24, 2.45) is 5.41 Å².